The van der Waals surface area contributed by atoms with E-state index in [0.29, 0.717) is 41.0 Å². The quantitative estimate of drug-likeness (QED) is 0.477. The number of hydrogen-bond donors (Lipinski definition) is 0. The van der Waals surface area contributed by atoms with Gasteiger partial charge < -0.3 is 14.4 Å². The Labute approximate surface area is 206 Å². The Morgan fingerprint density at radius 1 is 1.03 bits per heavy atom. The molecule has 34 heavy (non-hydrogen) atoms. The number of benzene rings is 2. The molecule has 0 aliphatic carbocycles. The zero-order valence-corrected chi connectivity index (χ0v) is 20.3. The second kappa shape index (κ2) is 9.57. The van der Waals surface area contributed by atoms with E-state index in [9.17, 15) is 14.4 Å². The second-order valence-electron chi connectivity index (χ2n) is 8.10. The van der Waals surface area contributed by atoms with Crippen LogP contribution in [-0.2, 0) is 9.59 Å². The lowest BCUT2D eigenvalue weighted by Crippen LogP contribution is -2.36. The van der Waals surface area contributed by atoms with E-state index in [-0.39, 0.29) is 49.8 Å². The summed E-state index contributed by atoms with van der Waals surface area (Å²) >= 11 is 1.41. The fraction of sp³-hybridized carbons (Fsp3) is 0.304. The Kier molecular flexibility index (Phi) is 6.74. The number of carbonyl (C=O) groups excluding carboxylic acids is 3. The highest BCUT2D eigenvalue weighted by Crippen LogP contribution is 2.40. The van der Waals surface area contributed by atoms with Crippen molar-refractivity contribution in [3.8, 4) is 11.5 Å². The summed E-state index contributed by atoms with van der Waals surface area (Å²) < 4.78 is 11.8. The SMILES string of the molecule is CN(C)CCN(C(=O)c1ccc(N2C(=O)CCC2=O)cc1)c1nc2cc3c(cc2s1)OCO3.Cl. The molecule has 2 aliphatic rings. The van der Waals surface area contributed by atoms with Crippen molar-refractivity contribution in [3.63, 3.8) is 0 Å². The number of hydrogen-bond acceptors (Lipinski definition) is 8. The lowest BCUT2D eigenvalue weighted by molar-refractivity contribution is -0.121. The third kappa shape index (κ3) is 4.44. The molecule has 5 rings (SSSR count). The molecule has 1 saturated heterocycles. The van der Waals surface area contributed by atoms with Crippen LogP contribution in [0.25, 0.3) is 10.2 Å². The number of nitrogens with zero attached hydrogens (tertiary/aromatic N) is 4. The Morgan fingerprint density at radius 3 is 2.32 bits per heavy atom. The van der Waals surface area contributed by atoms with Gasteiger partial charge in [0.15, 0.2) is 16.6 Å². The van der Waals surface area contributed by atoms with Crippen molar-refractivity contribution in [1.82, 2.24) is 9.88 Å². The Bertz CT molecular complexity index is 1200. The standard InChI is InChI=1S/C23H22N4O5S.ClH/c1-25(2)9-10-26(23-24-16-11-17-18(32-13-31-17)12-19(16)33-23)22(30)14-3-5-15(6-4-14)27-20(28)7-8-21(27)29;/h3-6,11-12H,7-10,13H2,1-2H3;1H. The normalized spacial score (nSPS) is 14.7. The molecule has 1 fully saturated rings. The molecule has 11 heteroatoms. The predicted octanol–water partition coefficient (Wildman–Crippen LogP) is 3.31. The molecule has 3 aromatic rings. The molecular weight excluding hydrogens is 480 g/mol. The van der Waals surface area contributed by atoms with Gasteiger partial charge in [-0.1, -0.05) is 11.3 Å². The summed E-state index contributed by atoms with van der Waals surface area (Å²) in [5, 5.41) is 0.578. The minimum absolute atomic E-state index is 0. The van der Waals surface area contributed by atoms with Crippen molar-refractivity contribution in [1.29, 1.82) is 0 Å². The summed E-state index contributed by atoms with van der Waals surface area (Å²) in [5.74, 6) is 0.668. The highest BCUT2D eigenvalue weighted by atomic mass is 35.5. The monoisotopic (exact) mass is 502 g/mol. The van der Waals surface area contributed by atoms with Crippen LogP contribution in [0.15, 0.2) is 36.4 Å². The summed E-state index contributed by atoms with van der Waals surface area (Å²) in [6.07, 6.45) is 0.434. The van der Waals surface area contributed by atoms with Gasteiger partial charge in [-0.15, -0.1) is 12.4 Å². The van der Waals surface area contributed by atoms with Crippen LogP contribution in [0.1, 0.15) is 23.2 Å². The van der Waals surface area contributed by atoms with Crippen LogP contribution in [0.3, 0.4) is 0 Å². The number of halogens is 1. The zero-order chi connectivity index (χ0) is 23.1. The largest absolute Gasteiger partial charge is 0.454 e. The number of ether oxygens (including phenoxy) is 2. The van der Waals surface area contributed by atoms with Crippen molar-refractivity contribution in [2.24, 2.45) is 0 Å². The van der Waals surface area contributed by atoms with Crippen molar-refractivity contribution in [2.75, 3.05) is 43.8 Å². The smallest absolute Gasteiger partial charge is 0.260 e. The van der Waals surface area contributed by atoms with Gasteiger partial charge in [0.1, 0.15) is 0 Å². The van der Waals surface area contributed by atoms with Crippen molar-refractivity contribution >= 4 is 62.5 Å². The van der Waals surface area contributed by atoms with Gasteiger partial charge in [-0.3, -0.25) is 24.2 Å². The van der Waals surface area contributed by atoms with E-state index in [1.54, 1.807) is 29.2 Å². The van der Waals surface area contributed by atoms with Gasteiger partial charge in [0.05, 0.1) is 15.9 Å². The molecule has 0 unspecified atom stereocenters. The molecule has 0 N–H and O–H groups in total. The molecule has 3 amide bonds. The molecule has 0 radical (unpaired) electrons. The van der Waals surface area contributed by atoms with Crippen LogP contribution >= 0.6 is 23.7 Å². The minimum Gasteiger partial charge on any atom is -0.454 e. The molecule has 1 aromatic heterocycles. The van der Waals surface area contributed by atoms with E-state index in [4.69, 9.17) is 9.47 Å². The first-order valence-corrected chi connectivity index (χ1v) is 11.3. The average molecular weight is 503 g/mol. The molecule has 0 saturated carbocycles. The fourth-order valence-electron chi connectivity index (χ4n) is 3.78. The van der Waals surface area contributed by atoms with Gasteiger partial charge in [-0.2, -0.15) is 0 Å². The number of rotatable bonds is 6. The molecule has 0 bridgehead atoms. The summed E-state index contributed by atoms with van der Waals surface area (Å²) in [7, 11) is 3.89. The summed E-state index contributed by atoms with van der Waals surface area (Å²) in [5.41, 5.74) is 1.67. The number of carbonyl (C=O) groups is 3. The van der Waals surface area contributed by atoms with Gasteiger partial charge in [0.25, 0.3) is 5.91 Å². The van der Waals surface area contributed by atoms with Crippen molar-refractivity contribution in [3.05, 3.63) is 42.0 Å². The molecular formula is C23H23ClN4O5S. The van der Waals surface area contributed by atoms with Crippen molar-refractivity contribution in [2.45, 2.75) is 12.8 Å². The van der Waals surface area contributed by atoms with E-state index in [1.165, 1.54) is 16.2 Å². The average Bonchev–Trinajstić information content (AvgIpc) is 3.50. The van der Waals surface area contributed by atoms with Crippen LogP contribution in [0.2, 0.25) is 0 Å². The Balaban J connectivity index is 0.00000274. The summed E-state index contributed by atoms with van der Waals surface area (Å²) in [6.45, 7) is 1.29. The first-order chi connectivity index (χ1) is 15.9. The number of anilines is 2. The molecule has 0 atom stereocenters. The maximum Gasteiger partial charge on any atom is 0.260 e. The number of likely N-dealkylation sites (N-methyl/N-ethyl adjacent to an activating group) is 1. The molecule has 2 aliphatic heterocycles. The number of fused-ring (bicyclic) bond motifs is 2. The summed E-state index contributed by atoms with van der Waals surface area (Å²) in [4.78, 5) is 47.0. The lowest BCUT2D eigenvalue weighted by Gasteiger charge is -2.22. The number of aromatic nitrogens is 1. The van der Waals surface area contributed by atoms with Gasteiger partial charge in [-0.05, 0) is 38.4 Å². The summed E-state index contributed by atoms with van der Waals surface area (Å²) in [6, 6.07) is 10.3. The molecule has 2 aromatic carbocycles. The topological polar surface area (TPSA) is 92.3 Å². The third-order valence-electron chi connectivity index (χ3n) is 5.54. The molecule has 9 nitrogen and oxygen atoms in total. The Hall–Kier alpha value is -3.21. The van der Waals surface area contributed by atoms with Gasteiger partial charge in [0, 0.05) is 43.6 Å². The first-order valence-electron chi connectivity index (χ1n) is 10.5. The molecule has 0 spiro atoms. The van der Waals surface area contributed by atoms with E-state index in [0.717, 1.165) is 10.2 Å². The second-order valence-corrected chi connectivity index (χ2v) is 9.11. The lowest BCUT2D eigenvalue weighted by atomic mass is 10.1. The van der Waals surface area contributed by atoms with Crippen LogP contribution in [0.4, 0.5) is 10.8 Å². The predicted molar refractivity (Wildman–Crippen MR) is 131 cm³/mol. The first kappa shape index (κ1) is 23.9. The van der Waals surface area contributed by atoms with Crippen LogP contribution in [0, 0.1) is 0 Å². The number of amides is 3. The number of thiazole rings is 1. The van der Waals surface area contributed by atoms with Crippen LogP contribution in [0.5, 0.6) is 11.5 Å². The van der Waals surface area contributed by atoms with Crippen LogP contribution in [-0.4, -0.2) is 61.6 Å². The molecule has 3 heterocycles. The van der Waals surface area contributed by atoms with E-state index in [2.05, 4.69) is 4.98 Å². The van der Waals surface area contributed by atoms with E-state index < -0.39 is 0 Å². The zero-order valence-electron chi connectivity index (χ0n) is 18.6. The number of imide groups is 1. The van der Waals surface area contributed by atoms with E-state index in [1.807, 2.05) is 31.1 Å². The Morgan fingerprint density at radius 2 is 1.68 bits per heavy atom. The maximum absolute atomic E-state index is 13.5. The van der Waals surface area contributed by atoms with Gasteiger partial charge in [0.2, 0.25) is 18.6 Å². The van der Waals surface area contributed by atoms with Gasteiger partial charge >= 0.3 is 0 Å². The van der Waals surface area contributed by atoms with Gasteiger partial charge in [-0.25, -0.2) is 4.98 Å². The fourth-order valence-corrected chi connectivity index (χ4v) is 4.78. The van der Waals surface area contributed by atoms with Crippen LogP contribution < -0.4 is 19.3 Å². The minimum atomic E-state index is -0.221. The third-order valence-corrected chi connectivity index (χ3v) is 6.58. The maximum atomic E-state index is 13.5. The molecule has 178 valence electrons. The highest BCUT2D eigenvalue weighted by Gasteiger charge is 2.30. The highest BCUT2D eigenvalue weighted by molar-refractivity contribution is 7.22. The van der Waals surface area contributed by atoms with Crippen molar-refractivity contribution < 1.29 is 23.9 Å². The van der Waals surface area contributed by atoms with E-state index >= 15 is 0 Å².